The van der Waals surface area contributed by atoms with Crippen LogP contribution in [0.5, 0.6) is 11.5 Å². The van der Waals surface area contributed by atoms with Gasteiger partial charge in [-0.2, -0.15) is 0 Å². The maximum atomic E-state index is 13.0. The molecule has 1 aromatic carbocycles. The van der Waals surface area contributed by atoms with Gasteiger partial charge in [-0.25, -0.2) is 0 Å². The summed E-state index contributed by atoms with van der Waals surface area (Å²) < 4.78 is 34.7. The Hall–Kier alpha value is -1.56. The third-order valence-electron chi connectivity index (χ3n) is 3.47. The Labute approximate surface area is 119 Å². The Morgan fingerprint density at radius 2 is 2.15 bits per heavy atom. The summed E-state index contributed by atoms with van der Waals surface area (Å²) in [5.74, 6) is -0.133. The quantitative estimate of drug-likeness (QED) is 0.805. The van der Waals surface area contributed by atoms with Crippen molar-refractivity contribution < 1.29 is 23.0 Å². The molecule has 1 atom stereocenters. The van der Waals surface area contributed by atoms with E-state index in [4.69, 9.17) is 11.6 Å². The van der Waals surface area contributed by atoms with E-state index in [1.807, 2.05) is 4.90 Å². The van der Waals surface area contributed by atoms with E-state index in [1.165, 1.54) is 12.1 Å². The summed E-state index contributed by atoms with van der Waals surface area (Å²) in [6.45, 7) is 0.684. The van der Waals surface area contributed by atoms with E-state index in [1.54, 1.807) is 6.07 Å². The smallest absolute Gasteiger partial charge is 0.395 e. The van der Waals surface area contributed by atoms with Gasteiger partial charge in [-0.15, -0.1) is 20.4 Å². The van der Waals surface area contributed by atoms with Crippen LogP contribution in [0.3, 0.4) is 0 Å². The van der Waals surface area contributed by atoms with E-state index in [-0.39, 0.29) is 29.2 Å². The van der Waals surface area contributed by atoms with Crippen molar-refractivity contribution in [1.29, 1.82) is 0 Å². The molecule has 0 radical (unpaired) electrons. The van der Waals surface area contributed by atoms with E-state index in [0.717, 1.165) is 12.8 Å². The summed E-state index contributed by atoms with van der Waals surface area (Å²) in [5.41, 5.74) is 0.658. The van der Waals surface area contributed by atoms with Crippen LogP contribution in [0, 0.1) is 0 Å². The highest BCUT2D eigenvalue weighted by Crippen LogP contribution is 2.43. The fourth-order valence-corrected chi connectivity index (χ4v) is 2.79. The van der Waals surface area contributed by atoms with Gasteiger partial charge < -0.3 is 14.4 Å². The number of fused-ring (bicyclic) bond motifs is 1. The molecule has 2 aliphatic heterocycles. The summed E-state index contributed by atoms with van der Waals surface area (Å²) in [7, 11) is 0. The summed E-state index contributed by atoms with van der Waals surface area (Å²) in [6, 6.07) is 4.24. The average Bonchev–Trinajstić information content (AvgIpc) is 2.98. The number of halogens is 3. The lowest BCUT2D eigenvalue weighted by Gasteiger charge is -2.25. The minimum Gasteiger partial charge on any atom is -0.395 e. The minimum absolute atomic E-state index is 0.00170. The van der Waals surface area contributed by atoms with Crippen LogP contribution in [-0.2, 0) is 4.79 Å². The lowest BCUT2D eigenvalue weighted by atomic mass is 10.1. The van der Waals surface area contributed by atoms with E-state index in [0.29, 0.717) is 12.2 Å². The number of rotatable bonds is 3. The maximum absolute atomic E-state index is 13.0. The van der Waals surface area contributed by atoms with Crippen molar-refractivity contribution in [2.75, 3.05) is 17.3 Å². The molecule has 4 nitrogen and oxygen atoms in total. The Kier molecular flexibility index (Phi) is 3.20. The third kappa shape index (κ3) is 2.28. The number of benzene rings is 1. The second-order valence-corrected chi connectivity index (χ2v) is 5.02. The number of hydrogen-bond donors (Lipinski definition) is 0. The second-order valence-electron chi connectivity index (χ2n) is 4.75. The Bertz CT molecular complexity index is 552. The van der Waals surface area contributed by atoms with Gasteiger partial charge in [0.25, 0.3) is 0 Å². The Balaban J connectivity index is 1.87. The zero-order chi connectivity index (χ0) is 14.3. The first-order valence-electron chi connectivity index (χ1n) is 6.25. The van der Waals surface area contributed by atoms with Crippen LogP contribution in [-0.4, -0.2) is 30.5 Å². The van der Waals surface area contributed by atoms with Crippen LogP contribution in [0.25, 0.3) is 0 Å². The molecule has 1 aromatic rings. The molecule has 2 heterocycles. The lowest BCUT2D eigenvalue weighted by molar-refractivity contribution is -0.286. The molecule has 1 saturated heterocycles. The summed E-state index contributed by atoms with van der Waals surface area (Å²) >= 11 is 5.60. The molecule has 0 spiro atoms. The molecule has 0 aromatic heterocycles. The van der Waals surface area contributed by atoms with Crippen LogP contribution in [0.1, 0.15) is 12.8 Å². The summed E-state index contributed by atoms with van der Waals surface area (Å²) in [6.07, 6.45) is -2.05. The number of anilines is 1. The van der Waals surface area contributed by atoms with Crippen molar-refractivity contribution in [3.05, 3.63) is 18.2 Å². The number of carbonyl (C=O) groups is 1. The van der Waals surface area contributed by atoms with E-state index < -0.39 is 6.29 Å². The molecule has 0 bridgehead atoms. The normalized spacial score (nSPS) is 23.1. The van der Waals surface area contributed by atoms with Gasteiger partial charge in [-0.05, 0) is 25.0 Å². The van der Waals surface area contributed by atoms with Crippen LogP contribution in [0.15, 0.2) is 18.2 Å². The number of carbonyl (C=O) groups excluding carboxylic acids is 1. The number of hydrogen-bond acceptors (Lipinski definition) is 4. The standard InChI is InChI=1S/C13H12ClF2NO3/c14-7-10(18)9-2-1-5-17(9)8-3-4-11-12(6-8)20-13(15,16)19-11/h3-4,6,9H,1-2,5,7H2/t9-/m1/s1. The zero-order valence-electron chi connectivity index (χ0n) is 10.4. The van der Waals surface area contributed by atoms with Crippen molar-refractivity contribution in [3.8, 4) is 11.5 Å². The zero-order valence-corrected chi connectivity index (χ0v) is 11.2. The molecule has 3 rings (SSSR count). The van der Waals surface area contributed by atoms with Gasteiger partial charge in [0.1, 0.15) is 0 Å². The summed E-state index contributed by atoms with van der Waals surface area (Å²) in [4.78, 5) is 13.7. The van der Waals surface area contributed by atoms with Gasteiger partial charge in [0.15, 0.2) is 17.3 Å². The van der Waals surface area contributed by atoms with Gasteiger partial charge in [0.2, 0.25) is 0 Å². The van der Waals surface area contributed by atoms with E-state index in [9.17, 15) is 13.6 Å². The van der Waals surface area contributed by atoms with Crippen molar-refractivity contribution in [2.24, 2.45) is 0 Å². The number of ketones is 1. The van der Waals surface area contributed by atoms with Gasteiger partial charge in [-0.3, -0.25) is 4.79 Å². The Morgan fingerprint density at radius 3 is 2.90 bits per heavy atom. The van der Waals surface area contributed by atoms with E-state index in [2.05, 4.69) is 9.47 Å². The van der Waals surface area contributed by atoms with Crippen LogP contribution < -0.4 is 14.4 Å². The van der Waals surface area contributed by atoms with Gasteiger partial charge in [0, 0.05) is 18.3 Å². The molecule has 0 unspecified atom stereocenters. The first kappa shape index (κ1) is 13.4. The van der Waals surface area contributed by atoms with Gasteiger partial charge in [-0.1, -0.05) is 0 Å². The highest BCUT2D eigenvalue weighted by atomic mass is 35.5. The average molecular weight is 304 g/mol. The maximum Gasteiger partial charge on any atom is 0.586 e. The van der Waals surface area contributed by atoms with Crippen molar-refractivity contribution in [1.82, 2.24) is 0 Å². The topological polar surface area (TPSA) is 38.8 Å². The fourth-order valence-electron chi connectivity index (χ4n) is 2.62. The number of Topliss-reactive ketones (excluding diaryl/α,β-unsaturated/α-hetero) is 1. The lowest BCUT2D eigenvalue weighted by Crippen LogP contribution is -2.36. The highest BCUT2D eigenvalue weighted by molar-refractivity contribution is 6.28. The number of ether oxygens (including phenoxy) is 2. The molecular formula is C13H12ClF2NO3. The fraction of sp³-hybridized carbons (Fsp3) is 0.462. The summed E-state index contributed by atoms with van der Waals surface area (Å²) in [5, 5.41) is 0. The van der Waals surface area contributed by atoms with Gasteiger partial charge in [0.05, 0.1) is 11.9 Å². The largest absolute Gasteiger partial charge is 0.586 e. The van der Waals surface area contributed by atoms with Gasteiger partial charge >= 0.3 is 6.29 Å². The molecule has 2 aliphatic rings. The molecule has 0 aliphatic carbocycles. The SMILES string of the molecule is O=C(CCl)[C@H]1CCCN1c1ccc2c(c1)OC(F)(F)O2. The molecule has 108 valence electrons. The molecule has 7 heteroatoms. The molecule has 0 amide bonds. The molecular weight excluding hydrogens is 292 g/mol. The molecule has 1 fully saturated rings. The molecule has 0 saturated carbocycles. The molecule has 0 N–H and O–H groups in total. The van der Waals surface area contributed by atoms with Crippen LogP contribution >= 0.6 is 11.6 Å². The van der Waals surface area contributed by atoms with Crippen molar-refractivity contribution in [3.63, 3.8) is 0 Å². The first-order chi connectivity index (χ1) is 9.50. The minimum atomic E-state index is -3.63. The predicted octanol–water partition coefficient (Wildman–Crippen LogP) is 2.78. The third-order valence-corrected chi connectivity index (χ3v) is 3.74. The van der Waals surface area contributed by atoms with Crippen LogP contribution in [0.4, 0.5) is 14.5 Å². The highest BCUT2D eigenvalue weighted by Gasteiger charge is 2.43. The number of alkyl halides is 3. The monoisotopic (exact) mass is 303 g/mol. The Morgan fingerprint density at radius 1 is 1.40 bits per heavy atom. The van der Waals surface area contributed by atoms with Crippen LogP contribution in [0.2, 0.25) is 0 Å². The van der Waals surface area contributed by atoms with Crippen molar-refractivity contribution in [2.45, 2.75) is 25.2 Å². The molecule has 20 heavy (non-hydrogen) atoms. The predicted molar refractivity (Wildman–Crippen MR) is 68.7 cm³/mol. The first-order valence-corrected chi connectivity index (χ1v) is 6.79. The number of nitrogens with zero attached hydrogens (tertiary/aromatic N) is 1. The second kappa shape index (κ2) is 4.77. The van der Waals surface area contributed by atoms with E-state index >= 15 is 0 Å². The van der Waals surface area contributed by atoms with Crippen molar-refractivity contribution >= 4 is 23.1 Å².